The van der Waals surface area contributed by atoms with E-state index in [1.54, 1.807) is 36.4 Å². The van der Waals surface area contributed by atoms with Crippen LogP contribution in [-0.2, 0) is 30.3 Å². The van der Waals surface area contributed by atoms with Gasteiger partial charge in [-0.2, -0.15) is 0 Å². The van der Waals surface area contributed by atoms with Crippen LogP contribution in [0.4, 0.5) is 0 Å². The number of carbonyl (C=O) groups is 4. The van der Waals surface area contributed by atoms with Crippen LogP contribution in [0.15, 0.2) is 91.1 Å². The molecule has 0 saturated carbocycles. The van der Waals surface area contributed by atoms with Crippen LogP contribution in [0.2, 0.25) is 0 Å². The highest BCUT2D eigenvalue weighted by molar-refractivity contribution is 5.92. The molecule has 3 aromatic rings. The molecule has 238 valence electrons. The third-order valence-corrected chi connectivity index (χ3v) is 7.36. The molecule has 0 atom stereocenters. The Morgan fingerprint density at radius 2 is 1.20 bits per heavy atom. The molecule has 3 aromatic carbocycles. The molecule has 0 amide bonds. The van der Waals surface area contributed by atoms with Crippen LogP contribution in [0.5, 0.6) is 23.0 Å². The molecule has 1 aliphatic rings. The Labute approximate surface area is 268 Å². The monoisotopic (exact) mass is 624 g/mol. The maximum atomic E-state index is 12.5. The summed E-state index contributed by atoms with van der Waals surface area (Å²) in [6.07, 6.45) is 1.54. The summed E-state index contributed by atoms with van der Waals surface area (Å²) in [5.41, 5.74) is 4.71. The minimum atomic E-state index is -0.664. The number of benzene rings is 3. The molecule has 0 N–H and O–H groups in total. The fraction of sp³-hybridized carbons (Fsp3) is 0.243. The lowest BCUT2D eigenvalue weighted by Crippen LogP contribution is -2.39. The zero-order chi connectivity index (χ0) is 33.6. The summed E-state index contributed by atoms with van der Waals surface area (Å²) in [7, 11) is 0. The molecule has 0 aromatic heterocycles. The van der Waals surface area contributed by atoms with Crippen LogP contribution in [0.1, 0.15) is 39.7 Å². The van der Waals surface area contributed by atoms with E-state index in [0.717, 1.165) is 28.7 Å². The lowest BCUT2D eigenvalue weighted by atomic mass is 9.81. The van der Waals surface area contributed by atoms with Gasteiger partial charge in [0.2, 0.25) is 0 Å². The summed E-state index contributed by atoms with van der Waals surface area (Å²) < 4.78 is 27.0. The molecular weight excluding hydrogens is 588 g/mol. The lowest BCUT2D eigenvalue weighted by molar-refractivity contribution is -0.132. The SMILES string of the molecule is C=C(C)C(=O)Oc1cc(-c2ccc(-c3ccc(OC(=O)C(=C)C)c(OC(=O)C(=C)C)c3)c(CCC3(C)COC3)c2)ccc1OC=O. The van der Waals surface area contributed by atoms with Gasteiger partial charge in [0, 0.05) is 22.1 Å². The molecule has 4 rings (SSSR count). The van der Waals surface area contributed by atoms with Crippen molar-refractivity contribution in [2.45, 2.75) is 40.5 Å². The van der Waals surface area contributed by atoms with Gasteiger partial charge in [-0.15, -0.1) is 0 Å². The molecule has 0 radical (unpaired) electrons. The Balaban J connectivity index is 1.80. The van der Waals surface area contributed by atoms with Gasteiger partial charge in [-0.1, -0.05) is 57.0 Å². The molecule has 0 aliphatic carbocycles. The molecule has 9 heteroatoms. The van der Waals surface area contributed by atoms with E-state index in [2.05, 4.69) is 26.7 Å². The third-order valence-electron chi connectivity index (χ3n) is 7.36. The molecular formula is C37H36O9. The highest BCUT2D eigenvalue weighted by Crippen LogP contribution is 2.40. The molecule has 1 saturated heterocycles. The largest absolute Gasteiger partial charge is 0.425 e. The summed E-state index contributed by atoms with van der Waals surface area (Å²) in [5, 5.41) is 0. The molecule has 1 fully saturated rings. The summed E-state index contributed by atoms with van der Waals surface area (Å²) in [6, 6.07) is 15.8. The summed E-state index contributed by atoms with van der Waals surface area (Å²) in [6.45, 7) is 19.2. The molecule has 46 heavy (non-hydrogen) atoms. The number of rotatable bonds is 13. The van der Waals surface area contributed by atoms with Crippen molar-refractivity contribution in [2.24, 2.45) is 5.41 Å². The Kier molecular flexibility index (Phi) is 10.4. The number of ether oxygens (including phenoxy) is 5. The van der Waals surface area contributed by atoms with Gasteiger partial charge in [0.1, 0.15) is 0 Å². The van der Waals surface area contributed by atoms with Gasteiger partial charge >= 0.3 is 17.9 Å². The fourth-order valence-corrected chi connectivity index (χ4v) is 4.61. The first-order valence-electron chi connectivity index (χ1n) is 14.5. The quantitative estimate of drug-likeness (QED) is 0.0861. The van der Waals surface area contributed by atoms with Crippen molar-refractivity contribution in [3.63, 3.8) is 0 Å². The van der Waals surface area contributed by atoms with Crippen molar-refractivity contribution in [3.05, 3.63) is 96.6 Å². The molecule has 1 heterocycles. The van der Waals surface area contributed by atoms with Crippen LogP contribution >= 0.6 is 0 Å². The second kappa shape index (κ2) is 14.2. The van der Waals surface area contributed by atoms with Crippen molar-refractivity contribution in [1.82, 2.24) is 0 Å². The molecule has 1 aliphatic heterocycles. The van der Waals surface area contributed by atoms with E-state index in [1.807, 2.05) is 18.2 Å². The molecule has 9 nitrogen and oxygen atoms in total. The average molecular weight is 625 g/mol. The smallest absolute Gasteiger partial charge is 0.338 e. The maximum absolute atomic E-state index is 12.5. The summed E-state index contributed by atoms with van der Waals surface area (Å²) >= 11 is 0. The van der Waals surface area contributed by atoms with Gasteiger partial charge in [-0.3, -0.25) is 4.79 Å². The van der Waals surface area contributed by atoms with E-state index in [1.165, 1.54) is 20.8 Å². The van der Waals surface area contributed by atoms with Gasteiger partial charge in [0.25, 0.3) is 6.47 Å². The first kappa shape index (κ1) is 33.6. The van der Waals surface area contributed by atoms with Gasteiger partial charge < -0.3 is 23.7 Å². The van der Waals surface area contributed by atoms with Crippen molar-refractivity contribution in [3.8, 4) is 45.3 Å². The average Bonchev–Trinajstić information content (AvgIpc) is 3.00. The van der Waals surface area contributed by atoms with Gasteiger partial charge in [-0.05, 0) is 85.7 Å². The third kappa shape index (κ3) is 8.05. The highest BCUT2D eigenvalue weighted by Gasteiger charge is 2.33. The normalized spacial score (nSPS) is 13.0. The first-order chi connectivity index (χ1) is 21.8. The van der Waals surface area contributed by atoms with Crippen LogP contribution in [-0.4, -0.2) is 37.6 Å². The Bertz CT molecular complexity index is 1740. The van der Waals surface area contributed by atoms with Crippen molar-refractivity contribution in [2.75, 3.05) is 13.2 Å². The van der Waals surface area contributed by atoms with Gasteiger partial charge in [-0.25, -0.2) is 14.4 Å². The minimum absolute atomic E-state index is 0.0355. The molecule has 0 spiro atoms. The zero-order valence-corrected chi connectivity index (χ0v) is 26.4. The van der Waals surface area contributed by atoms with E-state index in [4.69, 9.17) is 23.7 Å². The first-order valence-corrected chi connectivity index (χ1v) is 14.5. The predicted molar refractivity (Wildman–Crippen MR) is 173 cm³/mol. The standard InChI is InChI=1S/C37H36O9/c1-22(2)34(39)44-31-13-10-27(18-33(31)46-36(41)24(5)6)29-11-8-25(16-28(29)14-15-37(7)19-42-20-37)26-9-12-30(43-21-38)32(17-26)45-35(40)23(3)4/h8-13,16-18,21H,1,3,5,14-15,19-20H2,2,4,6-7H3. The number of carbonyl (C=O) groups excluding carboxylic acids is 4. The van der Waals surface area contributed by atoms with Crippen molar-refractivity contribution in [1.29, 1.82) is 0 Å². The van der Waals surface area contributed by atoms with Crippen LogP contribution < -0.4 is 18.9 Å². The summed E-state index contributed by atoms with van der Waals surface area (Å²) in [4.78, 5) is 48.2. The molecule has 0 bridgehead atoms. The van der Waals surface area contributed by atoms with Crippen LogP contribution in [0.25, 0.3) is 22.3 Å². The van der Waals surface area contributed by atoms with Gasteiger partial charge in [0.05, 0.1) is 13.2 Å². The topological polar surface area (TPSA) is 114 Å². The van der Waals surface area contributed by atoms with E-state index in [9.17, 15) is 19.2 Å². The zero-order valence-electron chi connectivity index (χ0n) is 26.4. The second-order valence-corrected chi connectivity index (χ2v) is 11.7. The predicted octanol–water partition coefficient (Wildman–Crippen LogP) is 6.97. The van der Waals surface area contributed by atoms with Crippen molar-refractivity contribution < 1.29 is 42.9 Å². The van der Waals surface area contributed by atoms with Crippen LogP contribution in [0.3, 0.4) is 0 Å². The van der Waals surface area contributed by atoms with E-state index < -0.39 is 17.9 Å². The number of hydrogen-bond donors (Lipinski definition) is 0. The summed E-state index contributed by atoms with van der Waals surface area (Å²) in [5.74, 6) is -1.68. The Morgan fingerprint density at radius 1 is 0.717 bits per heavy atom. The Hall–Kier alpha value is -5.28. The number of esters is 3. The van der Waals surface area contributed by atoms with E-state index >= 15 is 0 Å². The minimum Gasteiger partial charge on any atom is -0.425 e. The van der Waals surface area contributed by atoms with Crippen LogP contribution in [0, 0.1) is 5.41 Å². The fourth-order valence-electron chi connectivity index (χ4n) is 4.61. The maximum Gasteiger partial charge on any atom is 0.338 e. The lowest BCUT2D eigenvalue weighted by Gasteiger charge is -2.38. The Morgan fingerprint density at radius 3 is 1.74 bits per heavy atom. The van der Waals surface area contributed by atoms with Gasteiger partial charge in [0.15, 0.2) is 23.0 Å². The van der Waals surface area contributed by atoms with E-state index in [-0.39, 0.29) is 51.6 Å². The van der Waals surface area contributed by atoms with Crippen molar-refractivity contribution >= 4 is 24.4 Å². The second-order valence-electron chi connectivity index (χ2n) is 11.7. The number of aryl methyl sites for hydroxylation is 1. The van der Waals surface area contributed by atoms with E-state index in [0.29, 0.717) is 25.2 Å². The number of hydrogen-bond acceptors (Lipinski definition) is 9. The highest BCUT2D eigenvalue weighted by atomic mass is 16.6. The molecule has 0 unspecified atom stereocenters.